The molecule has 0 fully saturated rings. The predicted molar refractivity (Wildman–Crippen MR) is 50.9 cm³/mol. The number of allylic oxidation sites excluding steroid dienone is 3. The number of pyridine rings is 1. The summed E-state index contributed by atoms with van der Waals surface area (Å²) in [6.45, 7) is 0. The van der Waals surface area contributed by atoms with E-state index in [1.165, 1.54) is 5.56 Å². The molecule has 1 aromatic heterocycles. The Morgan fingerprint density at radius 2 is 2.33 bits per heavy atom. The summed E-state index contributed by atoms with van der Waals surface area (Å²) >= 11 is 5.88. The quantitative estimate of drug-likeness (QED) is 0.594. The number of aromatic nitrogens is 1. The van der Waals surface area contributed by atoms with E-state index in [1.54, 1.807) is 6.20 Å². The van der Waals surface area contributed by atoms with Crippen LogP contribution >= 0.6 is 11.6 Å². The zero-order valence-corrected chi connectivity index (χ0v) is 7.25. The maximum absolute atomic E-state index is 5.88. The molecule has 0 aliphatic heterocycles. The molecule has 0 atom stereocenters. The van der Waals surface area contributed by atoms with E-state index in [0.717, 1.165) is 17.1 Å². The molecule has 0 amide bonds. The van der Waals surface area contributed by atoms with E-state index < -0.39 is 0 Å². The average molecular weight is 178 g/mol. The van der Waals surface area contributed by atoms with Gasteiger partial charge in [0.1, 0.15) is 0 Å². The van der Waals surface area contributed by atoms with Gasteiger partial charge < -0.3 is 0 Å². The van der Waals surface area contributed by atoms with Crippen molar-refractivity contribution in [3.05, 3.63) is 46.8 Å². The summed E-state index contributed by atoms with van der Waals surface area (Å²) in [6.07, 6.45) is 8.54. The molecular formula is C10H8ClN. The van der Waals surface area contributed by atoms with Crippen LogP contribution in [0.5, 0.6) is 0 Å². The molecule has 1 aliphatic carbocycles. The van der Waals surface area contributed by atoms with Crippen LogP contribution in [0.2, 0.25) is 0 Å². The molecule has 0 aromatic carbocycles. The van der Waals surface area contributed by atoms with E-state index in [4.69, 9.17) is 11.6 Å². The van der Waals surface area contributed by atoms with Gasteiger partial charge in [-0.05, 0) is 30.2 Å². The fraction of sp³-hybridized carbons (Fsp3) is 0.100. The van der Waals surface area contributed by atoms with Gasteiger partial charge in [-0.1, -0.05) is 23.7 Å². The second kappa shape index (κ2) is 3.11. The van der Waals surface area contributed by atoms with Crippen molar-refractivity contribution in [3.8, 4) is 0 Å². The van der Waals surface area contributed by atoms with E-state index >= 15 is 0 Å². The lowest BCUT2D eigenvalue weighted by molar-refractivity contribution is 1.17. The first kappa shape index (κ1) is 7.56. The highest BCUT2D eigenvalue weighted by molar-refractivity contribution is 6.33. The molecule has 2 rings (SSSR count). The second-order valence-corrected chi connectivity index (χ2v) is 3.12. The van der Waals surface area contributed by atoms with Crippen LogP contribution in [0, 0.1) is 0 Å². The van der Waals surface area contributed by atoms with E-state index in [9.17, 15) is 0 Å². The smallest absolute Gasteiger partial charge is 0.0679 e. The lowest BCUT2D eigenvalue weighted by atomic mass is 10.1. The molecule has 0 bridgehead atoms. The molecule has 1 aromatic rings. The molecule has 0 saturated carbocycles. The van der Waals surface area contributed by atoms with Crippen LogP contribution < -0.4 is 0 Å². The topological polar surface area (TPSA) is 12.9 Å². The Morgan fingerprint density at radius 3 is 3.25 bits per heavy atom. The number of halogens is 1. The van der Waals surface area contributed by atoms with Gasteiger partial charge in [-0.25, -0.2) is 0 Å². The van der Waals surface area contributed by atoms with E-state index in [0.29, 0.717) is 0 Å². The summed E-state index contributed by atoms with van der Waals surface area (Å²) in [5.74, 6) is 0. The highest BCUT2D eigenvalue weighted by atomic mass is 35.5. The van der Waals surface area contributed by atoms with Gasteiger partial charge in [0, 0.05) is 11.2 Å². The third-order valence-electron chi connectivity index (χ3n) is 1.82. The fourth-order valence-electron chi connectivity index (χ4n) is 1.23. The first-order valence-corrected chi connectivity index (χ1v) is 4.22. The van der Waals surface area contributed by atoms with Gasteiger partial charge in [0.2, 0.25) is 0 Å². The molecular weight excluding hydrogens is 170 g/mol. The van der Waals surface area contributed by atoms with Gasteiger partial charge in [-0.3, -0.25) is 4.98 Å². The number of hydrogen-bond acceptors (Lipinski definition) is 1. The normalized spacial score (nSPS) is 14.9. The first-order valence-electron chi connectivity index (χ1n) is 3.84. The van der Waals surface area contributed by atoms with Crippen LogP contribution in [-0.4, -0.2) is 4.98 Å². The van der Waals surface area contributed by atoms with Crippen LogP contribution in [0.25, 0.3) is 6.08 Å². The predicted octanol–water partition coefficient (Wildman–Crippen LogP) is 2.77. The SMILES string of the molecule is ClC1=Cc2ncccc2CC=C1. The Kier molecular flexibility index (Phi) is 1.96. The van der Waals surface area contributed by atoms with Gasteiger partial charge in [0.25, 0.3) is 0 Å². The molecule has 0 N–H and O–H groups in total. The van der Waals surface area contributed by atoms with Crippen LogP contribution in [-0.2, 0) is 6.42 Å². The Bertz CT molecular complexity index is 353. The first-order chi connectivity index (χ1) is 5.86. The number of nitrogens with zero attached hydrogens (tertiary/aromatic N) is 1. The van der Waals surface area contributed by atoms with Crippen molar-refractivity contribution in [1.29, 1.82) is 0 Å². The Morgan fingerprint density at radius 1 is 1.42 bits per heavy atom. The van der Waals surface area contributed by atoms with Crippen molar-refractivity contribution in [2.24, 2.45) is 0 Å². The third-order valence-corrected chi connectivity index (χ3v) is 2.05. The van der Waals surface area contributed by atoms with Crippen LogP contribution in [0.4, 0.5) is 0 Å². The van der Waals surface area contributed by atoms with Crippen molar-refractivity contribution < 1.29 is 0 Å². The minimum absolute atomic E-state index is 0.743. The highest BCUT2D eigenvalue weighted by Crippen LogP contribution is 2.18. The van der Waals surface area contributed by atoms with Crippen molar-refractivity contribution in [2.45, 2.75) is 6.42 Å². The Labute approximate surface area is 76.4 Å². The lowest BCUT2D eigenvalue weighted by Gasteiger charge is -1.98. The second-order valence-electron chi connectivity index (χ2n) is 2.68. The summed E-state index contributed by atoms with van der Waals surface area (Å²) in [5, 5.41) is 0.743. The molecule has 0 unspecified atom stereocenters. The number of fused-ring (bicyclic) bond motifs is 1. The van der Waals surface area contributed by atoms with Crippen LogP contribution in [0.15, 0.2) is 35.5 Å². The molecule has 0 radical (unpaired) electrons. The number of rotatable bonds is 0. The third kappa shape index (κ3) is 1.41. The minimum Gasteiger partial charge on any atom is -0.257 e. The monoisotopic (exact) mass is 177 g/mol. The zero-order chi connectivity index (χ0) is 8.39. The standard InChI is InChI=1S/C10H8ClN/c11-9-5-1-3-8-4-2-6-12-10(8)7-9/h1-2,4-7H,3H2. The molecule has 60 valence electrons. The van der Waals surface area contributed by atoms with Crippen LogP contribution in [0.3, 0.4) is 0 Å². The van der Waals surface area contributed by atoms with E-state index in [1.807, 2.05) is 24.3 Å². The van der Waals surface area contributed by atoms with Gasteiger partial charge in [0.15, 0.2) is 0 Å². The van der Waals surface area contributed by atoms with Crippen molar-refractivity contribution in [1.82, 2.24) is 4.98 Å². The van der Waals surface area contributed by atoms with Gasteiger partial charge >= 0.3 is 0 Å². The minimum atomic E-state index is 0.743. The summed E-state index contributed by atoms with van der Waals surface area (Å²) in [7, 11) is 0. The molecule has 12 heavy (non-hydrogen) atoms. The number of hydrogen-bond donors (Lipinski definition) is 0. The van der Waals surface area contributed by atoms with Gasteiger partial charge in [-0.2, -0.15) is 0 Å². The zero-order valence-electron chi connectivity index (χ0n) is 6.50. The van der Waals surface area contributed by atoms with Gasteiger partial charge in [-0.15, -0.1) is 0 Å². The lowest BCUT2D eigenvalue weighted by Crippen LogP contribution is -1.88. The molecule has 2 heteroatoms. The largest absolute Gasteiger partial charge is 0.257 e. The molecule has 1 aliphatic rings. The van der Waals surface area contributed by atoms with Crippen LogP contribution in [0.1, 0.15) is 11.3 Å². The summed E-state index contributed by atoms with van der Waals surface area (Å²) in [5.41, 5.74) is 2.21. The van der Waals surface area contributed by atoms with Crippen molar-refractivity contribution in [3.63, 3.8) is 0 Å². The van der Waals surface area contributed by atoms with E-state index in [2.05, 4.69) is 11.1 Å². The Hall–Kier alpha value is -1.08. The Balaban J connectivity index is 2.54. The van der Waals surface area contributed by atoms with Crippen molar-refractivity contribution >= 4 is 17.7 Å². The maximum atomic E-state index is 5.88. The molecule has 0 saturated heterocycles. The fourth-order valence-corrected chi connectivity index (χ4v) is 1.42. The maximum Gasteiger partial charge on any atom is 0.0679 e. The van der Waals surface area contributed by atoms with Gasteiger partial charge in [0.05, 0.1) is 5.69 Å². The molecule has 0 spiro atoms. The molecule has 1 nitrogen and oxygen atoms in total. The summed E-state index contributed by atoms with van der Waals surface area (Å²) in [4.78, 5) is 4.23. The van der Waals surface area contributed by atoms with E-state index in [-0.39, 0.29) is 0 Å². The van der Waals surface area contributed by atoms with Crippen molar-refractivity contribution in [2.75, 3.05) is 0 Å². The summed E-state index contributed by atoms with van der Waals surface area (Å²) in [6, 6.07) is 4.01. The highest BCUT2D eigenvalue weighted by Gasteiger charge is 2.02. The molecule has 1 heterocycles. The average Bonchev–Trinajstić information content (AvgIpc) is 2.25. The summed E-state index contributed by atoms with van der Waals surface area (Å²) < 4.78 is 0.